The molecular weight excluding hydrogens is 374 g/mol. The van der Waals surface area contributed by atoms with Gasteiger partial charge in [-0.2, -0.15) is 0 Å². The number of likely N-dealkylation sites (N-methyl/N-ethyl adjacent to an activating group) is 1. The van der Waals surface area contributed by atoms with E-state index >= 15 is 0 Å². The summed E-state index contributed by atoms with van der Waals surface area (Å²) in [6.07, 6.45) is 2.29. The maximum absolute atomic E-state index is 12.7. The van der Waals surface area contributed by atoms with E-state index in [1.54, 1.807) is 30.3 Å². The third-order valence-corrected chi connectivity index (χ3v) is 6.65. The molecule has 150 valence electrons. The van der Waals surface area contributed by atoms with Crippen molar-refractivity contribution in [2.75, 3.05) is 24.4 Å². The number of likely N-dealkylation sites (tertiary alicyclic amines) is 1. The van der Waals surface area contributed by atoms with Crippen LogP contribution in [0.1, 0.15) is 35.7 Å². The molecule has 0 spiro atoms. The Hall–Kier alpha value is -2.38. The predicted molar refractivity (Wildman–Crippen MR) is 110 cm³/mol. The molecule has 1 saturated heterocycles. The van der Waals surface area contributed by atoms with Crippen LogP contribution in [0.15, 0.2) is 53.4 Å². The second kappa shape index (κ2) is 8.75. The van der Waals surface area contributed by atoms with Crippen LogP contribution in [0.2, 0.25) is 0 Å². The van der Waals surface area contributed by atoms with Crippen LogP contribution in [-0.4, -0.2) is 40.0 Å². The second-order valence-electron chi connectivity index (χ2n) is 7.31. The molecule has 1 amide bonds. The van der Waals surface area contributed by atoms with E-state index in [0.29, 0.717) is 23.8 Å². The molecule has 3 rings (SSSR count). The van der Waals surface area contributed by atoms with Crippen LogP contribution in [-0.2, 0) is 10.0 Å². The van der Waals surface area contributed by atoms with Gasteiger partial charge in [-0.05, 0) is 49.7 Å². The summed E-state index contributed by atoms with van der Waals surface area (Å²) in [5.41, 5.74) is 1.81. The molecule has 2 aromatic rings. The number of quaternary nitrogens is 1. The van der Waals surface area contributed by atoms with Gasteiger partial charge in [0.15, 0.2) is 0 Å². The summed E-state index contributed by atoms with van der Waals surface area (Å²) < 4.78 is 27.9. The van der Waals surface area contributed by atoms with Crippen molar-refractivity contribution in [2.24, 2.45) is 0 Å². The van der Waals surface area contributed by atoms with E-state index in [1.165, 1.54) is 23.5 Å². The molecule has 0 radical (unpaired) electrons. The van der Waals surface area contributed by atoms with Gasteiger partial charge in [0.2, 0.25) is 0 Å². The van der Waals surface area contributed by atoms with Gasteiger partial charge in [-0.3, -0.25) is 9.52 Å². The molecular formula is C21H28N3O3S+. The molecule has 1 aliphatic rings. The van der Waals surface area contributed by atoms with Crippen molar-refractivity contribution >= 4 is 21.6 Å². The molecule has 0 aromatic heterocycles. The molecule has 0 saturated carbocycles. The van der Waals surface area contributed by atoms with Crippen LogP contribution in [0.3, 0.4) is 0 Å². The highest BCUT2D eigenvalue weighted by atomic mass is 32.2. The fourth-order valence-electron chi connectivity index (χ4n) is 3.74. The SMILES string of the molecule is CC[NH+]1CCC[C@H]1CNC(=O)c1cccc(S(=O)(=O)Nc2cccc(C)c2)c1. The molecule has 1 heterocycles. The number of benzene rings is 2. The number of hydrogen-bond donors (Lipinski definition) is 3. The third kappa shape index (κ3) is 4.91. The van der Waals surface area contributed by atoms with Gasteiger partial charge in [0.05, 0.1) is 24.5 Å². The Balaban J connectivity index is 1.69. The lowest BCUT2D eigenvalue weighted by Gasteiger charge is -2.20. The highest BCUT2D eigenvalue weighted by molar-refractivity contribution is 7.92. The van der Waals surface area contributed by atoms with Crippen LogP contribution >= 0.6 is 0 Å². The van der Waals surface area contributed by atoms with E-state index in [1.807, 2.05) is 13.0 Å². The van der Waals surface area contributed by atoms with Gasteiger partial charge in [-0.1, -0.05) is 18.2 Å². The molecule has 1 aliphatic heterocycles. The van der Waals surface area contributed by atoms with Crippen molar-refractivity contribution in [3.05, 3.63) is 59.7 Å². The smallest absolute Gasteiger partial charge is 0.261 e. The van der Waals surface area contributed by atoms with E-state index in [9.17, 15) is 13.2 Å². The van der Waals surface area contributed by atoms with E-state index in [4.69, 9.17) is 0 Å². The van der Waals surface area contributed by atoms with Crippen LogP contribution in [0.4, 0.5) is 5.69 Å². The molecule has 28 heavy (non-hydrogen) atoms. The van der Waals surface area contributed by atoms with E-state index < -0.39 is 10.0 Å². The Morgan fingerprint density at radius 2 is 1.96 bits per heavy atom. The average Bonchev–Trinajstić information content (AvgIpc) is 3.13. The summed E-state index contributed by atoms with van der Waals surface area (Å²) in [6, 6.07) is 13.7. The molecule has 1 unspecified atom stereocenters. The molecule has 1 fully saturated rings. The van der Waals surface area contributed by atoms with Gasteiger partial charge in [0, 0.05) is 24.1 Å². The number of hydrogen-bond acceptors (Lipinski definition) is 3. The summed E-state index contributed by atoms with van der Waals surface area (Å²) >= 11 is 0. The normalized spacial score (nSPS) is 19.4. The van der Waals surface area contributed by atoms with Crippen molar-refractivity contribution in [1.29, 1.82) is 0 Å². The minimum absolute atomic E-state index is 0.0725. The first-order valence-electron chi connectivity index (χ1n) is 9.71. The number of aryl methyl sites for hydroxylation is 1. The van der Waals surface area contributed by atoms with Gasteiger partial charge >= 0.3 is 0 Å². The van der Waals surface area contributed by atoms with Gasteiger partial charge in [0.25, 0.3) is 15.9 Å². The zero-order valence-corrected chi connectivity index (χ0v) is 17.2. The number of rotatable bonds is 7. The maximum Gasteiger partial charge on any atom is 0.261 e. The van der Waals surface area contributed by atoms with E-state index in [-0.39, 0.29) is 10.8 Å². The first-order valence-corrected chi connectivity index (χ1v) is 11.2. The monoisotopic (exact) mass is 402 g/mol. The molecule has 7 heteroatoms. The van der Waals surface area contributed by atoms with Crippen molar-refractivity contribution in [1.82, 2.24) is 5.32 Å². The third-order valence-electron chi connectivity index (χ3n) is 5.27. The topological polar surface area (TPSA) is 79.7 Å². The molecule has 3 N–H and O–H groups in total. The summed E-state index contributed by atoms with van der Waals surface area (Å²) in [7, 11) is -3.76. The fourth-order valence-corrected chi connectivity index (χ4v) is 4.84. The second-order valence-corrected chi connectivity index (χ2v) is 9.00. The molecule has 2 atom stereocenters. The highest BCUT2D eigenvalue weighted by Crippen LogP contribution is 2.18. The molecule has 0 bridgehead atoms. The quantitative estimate of drug-likeness (QED) is 0.658. The largest absolute Gasteiger partial charge is 0.346 e. The number of anilines is 1. The average molecular weight is 403 g/mol. The van der Waals surface area contributed by atoms with Crippen LogP contribution in [0.25, 0.3) is 0 Å². The van der Waals surface area contributed by atoms with Gasteiger partial charge in [0.1, 0.15) is 6.04 Å². The summed E-state index contributed by atoms with van der Waals surface area (Å²) in [4.78, 5) is 14.1. The first-order chi connectivity index (χ1) is 13.4. The van der Waals surface area contributed by atoms with E-state index in [0.717, 1.165) is 25.1 Å². The van der Waals surface area contributed by atoms with Crippen molar-refractivity contribution in [3.63, 3.8) is 0 Å². The number of carbonyl (C=O) groups excluding carboxylic acids is 1. The minimum Gasteiger partial charge on any atom is -0.346 e. The predicted octanol–water partition coefficient (Wildman–Crippen LogP) is 1.59. The zero-order chi connectivity index (χ0) is 20.1. The lowest BCUT2D eigenvalue weighted by atomic mass is 10.2. The van der Waals surface area contributed by atoms with Gasteiger partial charge < -0.3 is 10.2 Å². The number of sulfonamides is 1. The Labute approximate surface area is 167 Å². The van der Waals surface area contributed by atoms with Crippen LogP contribution < -0.4 is 14.9 Å². The maximum atomic E-state index is 12.7. The Morgan fingerprint density at radius 3 is 2.71 bits per heavy atom. The Morgan fingerprint density at radius 1 is 1.18 bits per heavy atom. The van der Waals surface area contributed by atoms with E-state index in [2.05, 4.69) is 17.0 Å². The van der Waals surface area contributed by atoms with Crippen molar-refractivity contribution in [2.45, 2.75) is 37.6 Å². The minimum atomic E-state index is -3.76. The molecule has 6 nitrogen and oxygen atoms in total. The lowest BCUT2D eigenvalue weighted by Crippen LogP contribution is -3.14. The van der Waals surface area contributed by atoms with Crippen LogP contribution in [0.5, 0.6) is 0 Å². The lowest BCUT2D eigenvalue weighted by molar-refractivity contribution is -0.909. The van der Waals surface area contributed by atoms with Gasteiger partial charge in [-0.25, -0.2) is 8.42 Å². The Bertz CT molecular complexity index is 943. The summed E-state index contributed by atoms with van der Waals surface area (Å²) in [6.45, 7) is 6.87. The van der Waals surface area contributed by atoms with Crippen molar-refractivity contribution in [3.8, 4) is 0 Å². The summed E-state index contributed by atoms with van der Waals surface area (Å²) in [5.74, 6) is -0.241. The Kier molecular flexibility index (Phi) is 6.36. The standard InChI is InChI=1S/C21H27N3O3S/c1-3-24-12-6-10-19(24)15-22-21(25)17-8-5-11-20(14-17)28(26,27)23-18-9-4-7-16(2)13-18/h4-5,7-9,11,13-14,19,23H,3,6,10,12,15H2,1-2H3,(H,22,25)/p+1/t19-/m0/s1. The number of amides is 1. The summed E-state index contributed by atoms with van der Waals surface area (Å²) in [5, 5.41) is 2.97. The highest BCUT2D eigenvalue weighted by Gasteiger charge is 2.27. The van der Waals surface area contributed by atoms with Crippen LogP contribution in [0, 0.1) is 6.92 Å². The number of nitrogens with one attached hydrogen (secondary N) is 3. The zero-order valence-electron chi connectivity index (χ0n) is 16.4. The fraction of sp³-hybridized carbons (Fsp3) is 0.381. The number of carbonyl (C=O) groups is 1. The van der Waals surface area contributed by atoms with Gasteiger partial charge in [-0.15, -0.1) is 0 Å². The first kappa shape index (κ1) is 20.4. The van der Waals surface area contributed by atoms with Crippen molar-refractivity contribution < 1.29 is 18.1 Å². The molecule has 0 aliphatic carbocycles. The molecule has 2 aromatic carbocycles.